The van der Waals surface area contributed by atoms with Crippen molar-refractivity contribution in [3.05, 3.63) is 34.2 Å². The molecule has 0 saturated carbocycles. The van der Waals surface area contributed by atoms with E-state index in [0.29, 0.717) is 16.3 Å². The second-order valence-electron chi connectivity index (χ2n) is 4.65. The molecule has 1 heterocycles. The fraction of sp³-hybridized carbons (Fsp3) is 0.357. The highest BCUT2D eigenvalue weighted by Crippen LogP contribution is 2.35. The number of aliphatic hydroxyl groups excluding tert-OH is 2. The Kier molecular flexibility index (Phi) is 4.65. The number of hydrogen-bond acceptors (Lipinski definition) is 4. The third-order valence-corrected chi connectivity index (χ3v) is 5.08. The number of benzene rings is 1. The molecule has 1 amide bonds. The highest BCUT2D eigenvalue weighted by Gasteiger charge is 2.30. The largest absolute Gasteiger partial charge is 0.394 e. The smallest absolute Gasteiger partial charge is 0.263 e. The number of nitrogens with one attached hydrogen (secondary N) is 1. The van der Waals surface area contributed by atoms with E-state index < -0.39 is 5.54 Å². The van der Waals surface area contributed by atoms with E-state index in [1.165, 1.54) is 11.3 Å². The van der Waals surface area contributed by atoms with Crippen LogP contribution in [0.2, 0.25) is 5.02 Å². The standard InChI is InChI=1S/C14H16ClNO3S/c1-2-14(7-17,8-18)16-13(19)12-11(15)9-5-3-4-6-10(9)20-12/h3-6,17-18H,2,7-8H2,1H3,(H,16,19). The van der Waals surface area contributed by atoms with Crippen molar-refractivity contribution < 1.29 is 15.0 Å². The number of carbonyl (C=O) groups is 1. The first-order valence-corrected chi connectivity index (χ1v) is 7.47. The van der Waals surface area contributed by atoms with Crippen molar-refractivity contribution >= 4 is 38.9 Å². The van der Waals surface area contributed by atoms with Crippen molar-refractivity contribution in [3.63, 3.8) is 0 Å². The van der Waals surface area contributed by atoms with Crippen LogP contribution in [0.5, 0.6) is 0 Å². The average Bonchev–Trinajstić information content (AvgIpc) is 2.83. The van der Waals surface area contributed by atoms with Crippen LogP contribution in [0, 0.1) is 0 Å². The molecule has 108 valence electrons. The molecule has 1 aromatic carbocycles. The Morgan fingerprint density at radius 1 is 1.35 bits per heavy atom. The van der Waals surface area contributed by atoms with Crippen LogP contribution in [0.4, 0.5) is 0 Å². The van der Waals surface area contributed by atoms with Gasteiger partial charge in [-0.3, -0.25) is 4.79 Å². The Hall–Kier alpha value is -1.14. The van der Waals surface area contributed by atoms with Gasteiger partial charge in [0.15, 0.2) is 0 Å². The van der Waals surface area contributed by atoms with E-state index in [-0.39, 0.29) is 19.1 Å². The van der Waals surface area contributed by atoms with Crippen LogP contribution in [-0.4, -0.2) is 34.9 Å². The summed E-state index contributed by atoms with van der Waals surface area (Å²) in [6.45, 7) is 1.14. The molecular formula is C14H16ClNO3S. The molecule has 0 fully saturated rings. The lowest BCUT2D eigenvalue weighted by molar-refractivity contribution is 0.0656. The fourth-order valence-electron chi connectivity index (χ4n) is 1.90. The molecule has 0 bridgehead atoms. The summed E-state index contributed by atoms with van der Waals surface area (Å²) >= 11 is 7.53. The molecule has 0 radical (unpaired) electrons. The number of hydrogen-bond donors (Lipinski definition) is 3. The maximum absolute atomic E-state index is 12.3. The molecule has 6 heteroatoms. The molecule has 0 aliphatic carbocycles. The van der Waals surface area contributed by atoms with Crippen LogP contribution >= 0.6 is 22.9 Å². The normalized spacial score (nSPS) is 11.8. The SMILES string of the molecule is CCC(CO)(CO)NC(=O)c1sc2ccccc2c1Cl. The minimum atomic E-state index is -1.02. The van der Waals surface area contributed by atoms with Gasteiger partial charge in [0.05, 0.1) is 23.8 Å². The van der Waals surface area contributed by atoms with Gasteiger partial charge in [0.25, 0.3) is 5.91 Å². The van der Waals surface area contributed by atoms with E-state index in [2.05, 4.69) is 5.32 Å². The van der Waals surface area contributed by atoms with Gasteiger partial charge in [-0.15, -0.1) is 11.3 Å². The van der Waals surface area contributed by atoms with Gasteiger partial charge in [-0.05, 0) is 12.5 Å². The Balaban J connectivity index is 2.34. The summed E-state index contributed by atoms with van der Waals surface area (Å²) in [6.07, 6.45) is 0.425. The van der Waals surface area contributed by atoms with Gasteiger partial charge in [0.1, 0.15) is 4.88 Å². The first-order valence-electron chi connectivity index (χ1n) is 6.28. The minimum Gasteiger partial charge on any atom is -0.394 e. The second kappa shape index (κ2) is 6.10. The molecular weight excluding hydrogens is 298 g/mol. The molecule has 1 aromatic heterocycles. The van der Waals surface area contributed by atoms with Gasteiger partial charge in [0, 0.05) is 10.1 Å². The fourth-order valence-corrected chi connectivity index (χ4v) is 3.31. The highest BCUT2D eigenvalue weighted by atomic mass is 35.5. The van der Waals surface area contributed by atoms with Crippen molar-refractivity contribution in [2.24, 2.45) is 0 Å². The predicted octanol–water partition coefficient (Wildman–Crippen LogP) is 2.42. The molecule has 3 N–H and O–H groups in total. The van der Waals surface area contributed by atoms with Gasteiger partial charge in [0.2, 0.25) is 0 Å². The predicted molar refractivity (Wildman–Crippen MR) is 81.5 cm³/mol. The Bertz CT molecular complexity index is 614. The number of aliphatic hydroxyl groups is 2. The van der Waals surface area contributed by atoms with E-state index >= 15 is 0 Å². The van der Waals surface area contributed by atoms with Gasteiger partial charge in [-0.2, -0.15) is 0 Å². The first kappa shape index (κ1) is 15.3. The van der Waals surface area contributed by atoms with E-state index in [4.69, 9.17) is 11.6 Å². The number of rotatable bonds is 5. The summed E-state index contributed by atoms with van der Waals surface area (Å²) < 4.78 is 0.928. The zero-order valence-electron chi connectivity index (χ0n) is 11.0. The van der Waals surface area contributed by atoms with Gasteiger partial charge in [-0.1, -0.05) is 36.7 Å². The van der Waals surface area contributed by atoms with Gasteiger partial charge < -0.3 is 15.5 Å². The maximum atomic E-state index is 12.3. The molecule has 0 aliphatic heterocycles. The summed E-state index contributed by atoms with van der Waals surface area (Å²) in [5, 5.41) is 22.7. The van der Waals surface area contributed by atoms with Crippen LogP contribution in [0.15, 0.2) is 24.3 Å². The van der Waals surface area contributed by atoms with Crippen LogP contribution in [0.25, 0.3) is 10.1 Å². The van der Waals surface area contributed by atoms with Crippen LogP contribution in [-0.2, 0) is 0 Å². The number of thiophene rings is 1. The van der Waals surface area contributed by atoms with Crippen molar-refractivity contribution in [3.8, 4) is 0 Å². The topological polar surface area (TPSA) is 69.6 Å². The average molecular weight is 314 g/mol. The number of carbonyl (C=O) groups excluding carboxylic acids is 1. The van der Waals surface area contributed by atoms with E-state index in [0.717, 1.165) is 10.1 Å². The molecule has 0 spiro atoms. The summed E-state index contributed by atoms with van der Waals surface area (Å²) in [5.74, 6) is -0.374. The van der Waals surface area contributed by atoms with E-state index in [1.54, 1.807) is 6.92 Å². The summed E-state index contributed by atoms with van der Waals surface area (Å²) in [7, 11) is 0. The van der Waals surface area contributed by atoms with Crippen molar-refractivity contribution in [2.75, 3.05) is 13.2 Å². The highest BCUT2D eigenvalue weighted by molar-refractivity contribution is 7.21. The third-order valence-electron chi connectivity index (χ3n) is 3.40. The van der Waals surface area contributed by atoms with Crippen LogP contribution < -0.4 is 5.32 Å². The summed E-state index contributed by atoms with van der Waals surface area (Å²) in [6, 6.07) is 7.50. The summed E-state index contributed by atoms with van der Waals surface area (Å²) in [5.41, 5.74) is -1.02. The van der Waals surface area contributed by atoms with Crippen molar-refractivity contribution in [1.82, 2.24) is 5.32 Å². The van der Waals surface area contributed by atoms with E-state index in [9.17, 15) is 15.0 Å². The lowest BCUT2D eigenvalue weighted by Crippen LogP contribution is -2.53. The van der Waals surface area contributed by atoms with Gasteiger partial charge >= 0.3 is 0 Å². The van der Waals surface area contributed by atoms with Crippen molar-refractivity contribution in [2.45, 2.75) is 18.9 Å². The molecule has 0 aliphatic rings. The maximum Gasteiger partial charge on any atom is 0.263 e. The number of amides is 1. The Morgan fingerprint density at radius 3 is 2.55 bits per heavy atom. The van der Waals surface area contributed by atoms with Crippen molar-refractivity contribution in [1.29, 1.82) is 0 Å². The Morgan fingerprint density at radius 2 is 2.00 bits per heavy atom. The second-order valence-corrected chi connectivity index (χ2v) is 6.08. The molecule has 0 atom stereocenters. The monoisotopic (exact) mass is 313 g/mol. The molecule has 0 unspecified atom stereocenters. The summed E-state index contributed by atoms with van der Waals surface area (Å²) in [4.78, 5) is 12.7. The van der Waals surface area contributed by atoms with Crippen LogP contribution in [0.3, 0.4) is 0 Å². The molecule has 4 nitrogen and oxygen atoms in total. The molecule has 2 rings (SSSR count). The quantitative estimate of drug-likeness (QED) is 0.794. The molecule has 2 aromatic rings. The number of fused-ring (bicyclic) bond motifs is 1. The third kappa shape index (κ3) is 2.67. The minimum absolute atomic E-state index is 0.325. The van der Waals surface area contributed by atoms with Crippen LogP contribution in [0.1, 0.15) is 23.0 Å². The Labute approximate surface area is 126 Å². The number of halogens is 1. The zero-order chi connectivity index (χ0) is 14.8. The lowest BCUT2D eigenvalue weighted by Gasteiger charge is -2.29. The molecule has 0 saturated heterocycles. The zero-order valence-corrected chi connectivity index (χ0v) is 12.6. The lowest BCUT2D eigenvalue weighted by atomic mass is 9.98. The first-order chi connectivity index (χ1) is 9.56. The molecule has 20 heavy (non-hydrogen) atoms. The van der Waals surface area contributed by atoms with Gasteiger partial charge in [-0.25, -0.2) is 0 Å². The van der Waals surface area contributed by atoms with E-state index in [1.807, 2.05) is 24.3 Å².